The molecule has 0 saturated carbocycles. The second-order valence-electron chi connectivity index (χ2n) is 8.75. The second kappa shape index (κ2) is 10.8. The second-order valence-corrected chi connectivity index (χ2v) is 8.75. The molecule has 1 saturated heterocycles. The first-order chi connectivity index (χ1) is 16.5. The Morgan fingerprint density at radius 1 is 1.15 bits per heavy atom. The van der Waals surface area contributed by atoms with Crippen molar-refractivity contribution in [3.05, 3.63) is 66.1 Å². The predicted octanol–water partition coefficient (Wildman–Crippen LogP) is 4.55. The molecule has 0 bridgehead atoms. The van der Waals surface area contributed by atoms with Gasteiger partial charge in [-0.1, -0.05) is 37.1 Å². The maximum atomic E-state index is 13.3. The molecule has 1 aliphatic rings. The lowest BCUT2D eigenvalue weighted by Crippen LogP contribution is -2.48. The van der Waals surface area contributed by atoms with Gasteiger partial charge in [-0.15, -0.1) is 5.10 Å². The molecule has 3 aromatic rings. The number of rotatable bonds is 8. The van der Waals surface area contributed by atoms with Crippen molar-refractivity contribution in [1.82, 2.24) is 19.9 Å². The first kappa shape index (κ1) is 23.9. The molecule has 2 aromatic carbocycles. The Hall–Kier alpha value is -3.26. The maximum Gasteiger partial charge on any atom is 0.223 e. The van der Waals surface area contributed by atoms with Crippen molar-refractivity contribution in [2.24, 2.45) is 0 Å². The zero-order valence-electron chi connectivity index (χ0n) is 19.6. The molecule has 0 spiro atoms. The van der Waals surface area contributed by atoms with Crippen molar-refractivity contribution in [2.45, 2.75) is 57.2 Å². The number of likely N-dealkylation sites (tertiary alicyclic amines) is 1. The number of hydrogen-bond donors (Lipinski definition) is 1. The number of aliphatic hydroxyl groups excluding tert-OH is 1. The molecule has 3 atom stereocenters. The van der Waals surface area contributed by atoms with Crippen molar-refractivity contribution >= 4 is 5.91 Å². The summed E-state index contributed by atoms with van der Waals surface area (Å²) >= 11 is 0. The van der Waals surface area contributed by atoms with Gasteiger partial charge in [0.25, 0.3) is 0 Å². The molecule has 1 N–H and O–H groups in total. The van der Waals surface area contributed by atoms with E-state index < -0.39 is 12.1 Å². The number of carbonyl (C=O) groups is 1. The van der Waals surface area contributed by atoms with Gasteiger partial charge in [-0.05, 0) is 48.4 Å². The van der Waals surface area contributed by atoms with Gasteiger partial charge in [0.2, 0.25) is 5.91 Å². The zero-order chi connectivity index (χ0) is 24.1. The number of amides is 1. The fraction of sp³-hybridized carbons (Fsp3) is 0.423. The van der Waals surface area contributed by atoms with Gasteiger partial charge in [0, 0.05) is 24.9 Å². The molecule has 0 unspecified atom stereocenters. The lowest BCUT2D eigenvalue weighted by Gasteiger charge is -2.42. The average molecular weight is 467 g/mol. The maximum absolute atomic E-state index is 13.3. The van der Waals surface area contributed by atoms with Gasteiger partial charge >= 0.3 is 0 Å². The molecular formula is C26H31FN4O3. The van der Waals surface area contributed by atoms with Crippen LogP contribution < -0.4 is 4.74 Å². The highest BCUT2D eigenvalue weighted by molar-refractivity contribution is 5.77. The first-order valence-electron chi connectivity index (χ1n) is 11.8. The molecular weight excluding hydrogens is 435 g/mol. The number of halogens is 1. The van der Waals surface area contributed by atoms with E-state index in [1.807, 2.05) is 29.2 Å². The average Bonchev–Trinajstić information content (AvgIpc) is 3.34. The fourth-order valence-corrected chi connectivity index (χ4v) is 4.50. The van der Waals surface area contributed by atoms with Crippen LogP contribution in [-0.2, 0) is 4.79 Å². The SMILES string of the molecule is CCCCCC(=O)N1C[C@H](n2cc(-c3ccc(F)cc3)nn2)[C@@H](O)C[C@@H]1c1ccc(OC)cc1. The third kappa shape index (κ3) is 5.28. The number of piperidine rings is 1. The van der Waals surface area contributed by atoms with Gasteiger partial charge in [0.1, 0.15) is 17.3 Å². The van der Waals surface area contributed by atoms with E-state index in [4.69, 9.17) is 4.74 Å². The third-order valence-electron chi connectivity index (χ3n) is 6.47. The van der Waals surface area contributed by atoms with Crippen LogP contribution in [0.5, 0.6) is 5.75 Å². The van der Waals surface area contributed by atoms with E-state index in [9.17, 15) is 14.3 Å². The molecule has 7 nitrogen and oxygen atoms in total. The summed E-state index contributed by atoms with van der Waals surface area (Å²) in [6.07, 6.45) is 4.78. The van der Waals surface area contributed by atoms with Gasteiger partial charge in [0.15, 0.2) is 0 Å². The normalized spacial score (nSPS) is 20.4. The summed E-state index contributed by atoms with van der Waals surface area (Å²) in [4.78, 5) is 15.1. The fourth-order valence-electron chi connectivity index (χ4n) is 4.50. The minimum absolute atomic E-state index is 0.0741. The van der Waals surface area contributed by atoms with Crippen LogP contribution in [0.1, 0.15) is 56.7 Å². The Morgan fingerprint density at radius 3 is 2.56 bits per heavy atom. The Bertz CT molecular complexity index is 1080. The van der Waals surface area contributed by atoms with Crippen molar-refractivity contribution in [3.8, 4) is 17.0 Å². The monoisotopic (exact) mass is 466 g/mol. The molecule has 4 rings (SSSR count). The largest absolute Gasteiger partial charge is 0.497 e. The van der Waals surface area contributed by atoms with Crippen molar-refractivity contribution in [2.75, 3.05) is 13.7 Å². The Morgan fingerprint density at radius 2 is 1.88 bits per heavy atom. The van der Waals surface area contributed by atoms with Crippen LogP contribution in [0.2, 0.25) is 0 Å². The number of methoxy groups -OCH3 is 1. The summed E-state index contributed by atoms with van der Waals surface area (Å²) in [6.45, 7) is 2.44. The molecule has 180 valence electrons. The van der Waals surface area contributed by atoms with Crippen LogP contribution in [0.25, 0.3) is 11.3 Å². The number of unbranched alkanes of at least 4 members (excludes halogenated alkanes) is 2. The molecule has 1 amide bonds. The summed E-state index contributed by atoms with van der Waals surface area (Å²) in [5.41, 5.74) is 2.29. The van der Waals surface area contributed by atoms with Crippen molar-refractivity contribution in [1.29, 1.82) is 0 Å². The van der Waals surface area contributed by atoms with Crippen LogP contribution in [0.3, 0.4) is 0 Å². The standard InChI is InChI=1S/C26H31FN4O3/c1-3-4-5-6-26(33)30-17-24(25(32)15-23(30)19-9-13-21(34-2)14-10-19)31-16-22(28-29-31)18-7-11-20(27)12-8-18/h7-14,16,23-25,32H,3-6,15,17H2,1-2H3/t23-,24+,25+/m1/s1. The van der Waals surface area contributed by atoms with Crippen LogP contribution in [-0.4, -0.2) is 50.7 Å². The summed E-state index contributed by atoms with van der Waals surface area (Å²) in [7, 11) is 1.62. The molecule has 34 heavy (non-hydrogen) atoms. The van der Waals surface area contributed by atoms with Crippen LogP contribution in [0.4, 0.5) is 4.39 Å². The zero-order valence-corrected chi connectivity index (χ0v) is 19.6. The highest BCUT2D eigenvalue weighted by Crippen LogP contribution is 2.37. The van der Waals surface area contributed by atoms with Gasteiger partial charge in [-0.3, -0.25) is 4.79 Å². The van der Waals surface area contributed by atoms with Gasteiger partial charge in [-0.2, -0.15) is 0 Å². The molecule has 2 heterocycles. The lowest BCUT2D eigenvalue weighted by molar-refractivity contribution is -0.139. The number of carbonyl (C=O) groups excluding carboxylic acids is 1. The Labute approximate surface area is 199 Å². The van der Waals surface area contributed by atoms with Crippen LogP contribution >= 0.6 is 0 Å². The minimum atomic E-state index is -0.713. The van der Waals surface area contributed by atoms with E-state index in [1.54, 1.807) is 30.1 Å². The van der Waals surface area contributed by atoms with E-state index in [1.165, 1.54) is 12.1 Å². The van der Waals surface area contributed by atoms with Crippen molar-refractivity contribution in [3.63, 3.8) is 0 Å². The van der Waals surface area contributed by atoms with E-state index in [-0.39, 0.29) is 17.8 Å². The molecule has 1 fully saturated rings. The molecule has 1 aromatic heterocycles. The van der Waals surface area contributed by atoms with Gasteiger partial charge in [-0.25, -0.2) is 9.07 Å². The highest BCUT2D eigenvalue weighted by Gasteiger charge is 2.39. The quantitative estimate of drug-likeness (QED) is 0.493. The van der Waals surface area contributed by atoms with E-state index >= 15 is 0 Å². The smallest absolute Gasteiger partial charge is 0.223 e. The number of benzene rings is 2. The topological polar surface area (TPSA) is 80.5 Å². The summed E-state index contributed by atoms with van der Waals surface area (Å²) < 4.78 is 20.2. The lowest BCUT2D eigenvalue weighted by atomic mass is 9.90. The highest BCUT2D eigenvalue weighted by atomic mass is 19.1. The molecule has 0 radical (unpaired) electrons. The van der Waals surface area contributed by atoms with E-state index in [2.05, 4.69) is 17.2 Å². The number of ether oxygens (including phenoxy) is 1. The van der Waals surface area contributed by atoms with Gasteiger partial charge < -0.3 is 14.7 Å². The summed E-state index contributed by atoms with van der Waals surface area (Å²) in [5, 5.41) is 19.5. The van der Waals surface area contributed by atoms with E-state index in [0.717, 1.165) is 36.1 Å². The number of hydrogen-bond acceptors (Lipinski definition) is 5. The minimum Gasteiger partial charge on any atom is -0.497 e. The predicted molar refractivity (Wildman–Crippen MR) is 127 cm³/mol. The Balaban J connectivity index is 1.58. The first-order valence-corrected chi connectivity index (χ1v) is 11.8. The number of aliphatic hydroxyl groups is 1. The third-order valence-corrected chi connectivity index (χ3v) is 6.47. The number of nitrogens with zero attached hydrogens (tertiary/aromatic N) is 4. The molecule has 8 heteroatoms. The van der Waals surface area contributed by atoms with E-state index in [0.29, 0.717) is 25.1 Å². The van der Waals surface area contributed by atoms with Crippen LogP contribution in [0, 0.1) is 5.82 Å². The summed E-state index contributed by atoms with van der Waals surface area (Å²) in [6, 6.07) is 13.0. The van der Waals surface area contributed by atoms with Crippen molar-refractivity contribution < 1.29 is 19.0 Å². The Kier molecular flexibility index (Phi) is 7.57. The number of aromatic nitrogens is 3. The van der Waals surface area contributed by atoms with Crippen LogP contribution in [0.15, 0.2) is 54.7 Å². The summed E-state index contributed by atoms with van der Waals surface area (Å²) in [5.74, 6) is 0.500. The molecule has 0 aliphatic carbocycles. The molecule has 1 aliphatic heterocycles. The van der Waals surface area contributed by atoms with Gasteiger partial charge in [0.05, 0.1) is 31.5 Å².